The van der Waals surface area contributed by atoms with Gasteiger partial charge in [0.25, 0.3) is 0 Å². The van der Waals surface area contributed by atoms with E-state index in [0.717, 1.165) is 13.0 Å². The number of benzene rings is 2. The minimum absolute atomic E-state index is 0.0640. The van der Waals surface area contributed by atoms with Gasteiger partial charge in [-0.15, -0.1) is 0 Å². The van der Waals surface area contributed by atoms with Gasteiger partial charge < -0.3 is 5.73 Å². The van der Waals surface area contributed by atoms with E-state index >= 15 is 0 Å². The molecule has 0 bridgehead atoms. The van der Waals surface area contributed by atoms with E-state index < -0.39 is 0 Å². The maximum atomic E-state index is 6.24. The topological polar surface area (TPSA) is 29.3 Å². The first-order valence-corrected chi connectivity index (χ1v) is 8.65. The standard InChI is InChI=1S/C20H28N2/c1-20(16-21,22-13-6-2-3-7-14-22)15-18-11-8-10-17-9-4-5-12-19(17)18/h4-5,8-12H,2-3,6-7,13-16,21H2,1H3. The Kier molecular flexibility index (Phi) is 4.80. The smallest absolute Gasteiger partial charge is 0.0344 e. The van der Waals surface area contributed by atoms with Crippen LogP contribution in [0.1, 0.15) is 38.2 Å². The molecule has 0 spiro atoms. The summed E-state index contributed by atoms with van der Waals surface area (Å²) in [6, 6.07) is 15.3. The number of nitrogens with two attached hydrogens (primary N) is 1. The zero-order valence-corrected chi connectivity index (χ0v) is 13.7. The van der Waals surface area contributed by atoms with Crippen molar-refractivity contribution in [2.45, 2.75) is 44.6 Å². The van der Waals surface area contributed by atoms with Crippen molar-refractivity contribution >= 4 is 10.8 Å². The van der Waals surface area contributed by atoms with Gasteiger partial charge in [0.2, 0.25) is 0 Å². The number of fused-ring (bicyclic) bond motifs is 1. The molecule has 0 radical (unpaired) electrons. The van der Waals surface area contributed by atoms with Crippen LogP contribution in [0.4, 0.5) is 0 Å². The largest absolute Gasteiger partial charge is 0.329 e. The van der Waals surface area contributed by atoms with E-state index in [-0.39, 0.29) is 5.54 Å². The molecule has 0 saturated carbocycles. The third-order valence-corrected chi connectivity index (χ3v) is 5.26. The highest BCUT2D eigenvalue weighted by atomic mass is 15.2. The van der Waals surface area contributed by atoms with E-state index in [0.29, 0.717) is 0 Å². The van der Waals surface area contributed by atoms with Crippen molar-refractivity contribution in [2.75, 3.05) is 19.6 Å². The van der Waals surface area contributed by atoms with E-state index in [4.69, 9.17) is 5.73 Å². The number of hydrogen-bond donors (Lipinski definition) is 1. The third kappa shape index (κ3) is 3.18. The molecule has 1 saturated heterocycles. The number of hydrogen-bond acceptors (Lipinski definition) is 2. The quantitative estimate of drug-likeness (QED) is 0.925. The summed E-state index contributed by atoms with van der Waals surface area (Å²) in [6.07, 6.45) is 6.39. The van der Waals surface area contributed by atoms with Gasteiger partial charge in [0.15, 0.2) is 0 Å². The van der Waals surface area contributed by atoms with Gasteiger partial charge in [-0.25, -0.2) is 0 Å². The fourth-order valence-electron chi connectivity index (χ4n) is 3.78. The Morgan fingerprint density at radius 1 is 0.955 bits per heavy atom. The van der Waals surface area contributed by atoms with E-state index in [1.807, 2.05) is 0 Å². The lowest BCUT2D eigenvalue weighted by Gasteiger charge is -2.40. The molecule has 3 rings (SSSR count). The van der Waals surface area contributed by atoms with Crippen LogP contribution in [0.2, 0.25) is 0 Å². The third-order valence-electron chi connectivity index (χ3n) is 5.26. The van der Waals surface area contributed by atoms with Gasteiger partial charge in [0.1, 0.15) is 0 Å². The molecular formula is C20H28N2. The average Bonchev–Trinajstić information content (AvgIpc) is 2.85. The molecule has 2 aromatic rings. The number of nitrogens with zero attached hydrogens (tertiary/aromatic N) is 1. The van der Waals surface area contributed by atoms with Gasteiger partial charge in [-0.05, 0) is 55.6 Å². The summed E-state index contributed by atoms with van der Waals surface area (Å²) in [5.74, 6) is 0. The zero-order valence-electron chi connectivity index (χ0n) is 13.7. The van der Waals surface area contributed by atoms with E-state index in [2.05, 4.69) is 54.3 Å². The van der Waals surface area contributed by atoms with Crippen LogP contribution >= 0.6 is 0 Å². The van der Waals surface area contributed by atoms with Crippen molar-refractivity contribution in [3.8, 4) is 0 Å². The molecule has 2 nitrogen and oxygen atoms in total. The molecule has 1 fully saturated rings. The molecule has 0 amide bonds. The molecule has 22 heavy (non-hydrogen) atoms. The summed E-state index contributed by atoms with van der Waals surface area (Å²) in [6.45, 7) is 5.45. The molecule has 1 heterocycles. The van der Waals surface area contributed by atoms with Crippen LogP contribution in [0.15, 0.2) is 42.5 Å². The highest BCUT2D eigenvalue weighted by Crippen LogP contribution is 2.27. The van der Waals surface area contributed by atoms with Crippen LogP contribution in [-0.2, 0) is 6.42 Å². The molecular weight excluding hydrogens is 268 g/mol. The van der Waals surface area contributed by atoms with Crippen molar-refractivity contribution in [3.63, 3.8) is 0 Å². The Morgan fingerprint density at radius 2 is 1.64 bits per heavy atom. The van der Waals surface area contributed by atoms with Crippen LogP contribution in [0, 0.1) is 0 Å². The maximum Gasteiger partial charge on any atom is 0.0344 e. The van der Waals surface area contributed by atoms with E-state index in [9.17, 15) is 0 Å². The molecule has 0 aromatic heterocycles. The van der Waals surface area contributed by atoms with Crippen molar-refractivity contribution in [2.24, 2.45) is 5.73 Å². The lowest BCUT2D eigenvalue weighted by atomic mass is 9.88. The Balaban J connectivity index is 1.90. The second kappa shape index (κ2) is 6.80. The van der Waals surface area contributed by atoms with Gasteiger partial charge >= 0.3 is 0 Å². The first kappa shape index (κ1) is 15.5. The molecule has 1 aliphatic rings. The summed E-state index contributed by atoms with van der Waals surface area (Å²) in [5.41, 5.74) is 7.73. The van der Waals surface area contributed by atoms with Gasteiger partial charge in [-0.2, -0.15) is 0 Å². The summed E-state index contributed by atoms with van der Waals surface area (Å²) in [7, 11) is 0. The Labute approximate surface area is 134 Å². The first-order valence-electron chi connectivity index (χ1n) is 8.65. The second-order valence-corrected chi connectivity index (χ2v) is 6.92. The Morgan fingerprint density at radius 3 is 2.36 bits per heavy atom. The Bertz CT molecular complexity index is 609. The fraction of sp³-hybridized carbons (Fsp3) is 0.500. The molecule has 2 N–H and O–H groups in total. The summed E-state index contributed by atoms with van der Waals surface area (Å²) in [4.78, 5) is 2.64. The van der Waals surface area contributed by atoms with Gasteiger partial charge in [0.05, 0.1) is 0 Å². The van der Waals surface area contributed by atoms with Crippen LogP contribution < -0.4 is 5.73 Å². The predicted molar refractivity (Wildman–Crippen MR) is 95.2 cm³/mol. The van der Waals surface area contributed by atoms with E-state index in [1.165, 1.54) is 55.1 Å². The van der Waals surface area contributed by atoms with E-state index in [1.54, 1.807) is 0 Å². The molecule has 118 valence electrons. The molecule has 1 aliphatic heterocycles. The molecule has 1 atom stereocenters. The summed E-state index contributed by atoms with van der Waals surface area (Å²) < 4.78 is 0. The van der Waals surface area contributed by atoms with Gasteiger partial charge in [-0.1, -0.05) is 55.3 Å². The minimum atomic E-state index is 0.0640. The van der Waals surface area contributed by atoms with Crippen LogP contribution in [0.3, 0.4) is 0 Å². The monoisotopic (exact) mass is 296 g/mol. The Hall–Kier alpha value is -1.38. The normalized spacial score (nSPS) is 19.7. The summed E-state index contributed by atoms with van der Waals surface area (Å²) in [5, 5.41) is 2.70. The molecule has 2 heteroatoms. The maximum absolute atomic E-state index is 6.24. The minimum Gasteiger partial charge on any atom is -0.329 e. The van der Waals surface area contributed by atoms with Crippen molar-refractivity contribution in [1.29, 1.82) is 0 Å². The van der Waals surface area contributed by atoms with Gasteiger partial charge in [0, 0.05) is 12.1 Å². The number of likely N-dealkylation sites (tertiary alicyclic amines) is 1. The van der Waals surface area contributed by atoms with Crippen molar-refractivity contribution in [3.05, 3.63) is 48.0 Å². The second-order valence-electron chi connectivity index (χ2n) is 6.92. The highest BCUT2D eigenvalue weighted by molar-refractivity contribution is 5.85. The molecule has 2 aromatic carbocycles. The molecule has 1 unspecified atom stereocenters. The lowest BCUT2D eigenvalue weighted by molar-refractivity contribution is 0.115. The highest BCUT2D eigenvalue weighted by Gasteiger charge is 2.31. The fourth-order valence-corrected chi connectivity index (χ4v) is 3.78. The lowest BCUT2D eigenvalue weighted by Crippen LogP contribution is -2.53. The molecule has 0 aliphatic carbocycles. The predicted octanol–water partition coefficient (Wildman–Crippen LogP) is 3.98. The SMILES string of the molecule is CC(CN)(Cc1cccc2ccccc12)N1CCCCCC1. The van der Waals surface area contributed by atoms with Crippen molar-refractivity contribution < 1.29 is 0 Å². The van der Waals surface area contributed by atoms with Crippen LogP contribution in [0.25, 0.3) is 10.8 Å². The van der Waals surface area contributed by atoms with Gasteiger partial charge in [-0.3, -0.25) is 4.90 Å². The average molecular weight is 296 g/mol. The van der Waals surface area contributed by atoms with Crippen LogP contribution in [-0.4, -0.2) is 30.1 Å². The zero-order chi connectivity index (χ0) is 15.4. The van der Waals surface area contributed by atoms with Crippen LogP contribution in [0.5, 0.6) is 0 Å². The number of rotatable bonds is 4. The van der Waals surface area contributed by atoms with Crippen molar-refractivity contribution in [1.82, 2.24) is 4.90 Å². The summed E-state index contributed by atoms with van der Waals surface area (Å²) >= 11 is 0. The first-order chi connectivity index (χ1) is 10.7.